The van der Waals surface area contributed by atoms with Crippen molar-refractivity contribution in [3.8, 4) is 0 Å². The number of hydrogen-bond donors (Lipinski definition) is 1. The number of likely N-dealkylation sites (N-methyl/N-ethyl adjacent to an activating group) is 1. The molecule has 4 nitrogen and oxygen atoms in total. The number of aromatic nitrogens is 2. The third kappa shape index (κ3) is 4.86. The van der Waals surface area contributed by atoms with E-state index in [1.807, 2.05) is 0 Å². The third-order valence-corrected chi connectivity index (χ3v) is 4.32. The van der Waals surface area contributed by atoms with E-state index in [0.29, 0.717) is 6.04 Å². The normalized spacial score (nSPS) is 13.2. The number of nitrogens with zero attached hydrogens (tertiary/aromatic N) is 3. The minimum atomic E-state index is 0.466. The largest absolute Gasteiger partial charge is 0.312 e. The van der Waals surface area contributed by atoms with Crippen LogP contribution in [0.3, 0.4) is 0 Å². The van der Waals surface area contributed by atoms with Crippen molar-refractivity contribution in [2.75, 3.05) is 27.2 Å². The summed E-state index contributed by atoms with van der Waals surface area (Å²) in [6.45, 7) is 9.56. The monoisotopic (exact) mass is 344 g/mol. The molecule has 1 heterocycles. The van der Waals surface area contributed by atoms with Gasteiger partial charge in [0, 0.05) is 25.6 Å². The highest BCUT2D eigenvalue weighted by atomic mass is 79.9. The molecule has 0 spiro atoms. The second-order valence-electron chi connectivity index (χ2n) is 5.49. The Kier molecular flexibility index (Phi) is 7.77. The lowest BCUT2D eigenvalue weighted by Crippen LogP contribution is -2.40. The maximum absolute atomic E-state index is 4.69. The van der Waals surface area contributed by atoms with Gasteiger partial charge in [-0.2, -0.15) is 5.10 Å². The lowest BCUT2D eigenvalue weighted by Gasteiger charge is -2.23. The molecule has 1 unspecified atom stereocenters. The van der Waals surface area contributed by atoms with Crippen molar-refractivity contribution in [1.82, 2.24) is 20.0 Å². The van der Waals surface area contributed by atoms with Gasteiger partial charge in [-0.25, -0.2) is 0 Å². The SMILES string of the molecule is CCCNC(Cc1c(Br)c(CC)nn1CC)CN(C)C. The summed E-state index contributed by atoms with van der Waals surface area (Å²) >= 11 is 3.74. The van der Waals surface area contributed by atoms with Crippen LogP contribution in [0.15, 0.2) is 4.47 Å². The maximum Gasteiger partial charge on any atom is 0.0766 e. The van der Waals surface area contributed by atoms with Gasteiger partial charge in [0.25, 0.3) is 0 Å². The molecule has 0 aliphatic rings. The van der Waals surface area contributed by atoms with Gasteiger partial charge in [0.2, 0.25) is 0 Å². The topological polar surface area (TPSA) is 33.1 Å². The molecule has 0 radical (unpaired) electrons. The number of nitrogens with one attached hydrogen (secondary N) is 1. The Bertz CT molecular complexity index is 401. The molecule has 1 aromatic rings. The van der Waals surface area contributed by atoms with Gasteiger partial charge < -0.3 is 10.2 Å². The first kappa shape index (κ1) is 17.7. The zero-order valence-corrected chi connectivity index (χ0v) is 15.1. The Morgan fingerprint density at radius 2 is 2.00 bits per heavy atom. The lowest BCUT2D eigenvalue weighted by molar-refractivity contribution is 0.332. The van der Waals surface area contributed by atoms with Gasteiger partial charge >= 0.3 is 0 Å². The van der Waals surface area contributed by atoms with Gasteiger partial charge in [0.15, 0.2) is 0 Å². The van der Waals surface area contributed by atoms with E-state index in [4.69, 9.17) is 0 Å². The molecule has 0 aromatic carbocycles. The van der Waals surface area contributed by atoms with Crippen LogP contribution in [-0.4, -0.2) is 47.9 Å². The molecule has 1 rings (SSSR count). The molecule has 0 aliphatic heterocycles. The second kappa shape index (κ2) is 8.80. The van der Waals surface area contributed by atoms with Crippen molar-refractivity contribution in [2.45, 2.75) is 52.6 Å². The molecule has 1 N–H and O–H groups in total. The molecule has 0 aliphatic carbocycles. The number of halogens is 1. The van der Waals surface area contributed by atoms with Crippen molar-refractivity contribution >= 4 is 15.9 Å². The molecule has 0 fully saturated rings. The van der Waals surface area contributed by atoms with E-state index < -0.39 is 0 Å². The van der Waals surface area contributed by atoms with E-state index in [1.165, 1.54) is 22.3 Å². The average molecular weight is 345 g/mol. The van der Waals surface area contributed by atoms with Gasteiger partial charge in [-0.15, -0.1) is 0 Å². The predicted octanol–water partition coefficient (Wildman–Crippen LogP) is 2.70. The summed E-state index contributed by atoms with van der Waals surface area (Å²) in [6, 6.07) is 0.466. The fourth-order valence-corrected chi connectivity index (χ4v) is 3.16. The lowest BCUT2D eigenvalue weighted by atomic mass is 10.1. The smallest absolute Gasteiger partial charge is 0.0766 e. The summed E-state index contributed by atoms with van der Waals surface area (Å²) in [5.41, 5.74) is 2.49. The van der Waals surface area contributed by atoms with Crippen LogP contribution in [0.5, 0.6) is 0 Å². The summed E-state index contributed by atoms with van der Waals surface area (Å²) in [7, 11) is 4.26. The highest BCUT2D eigenvalue weighted by molar-refractivity contribution is 9.10. The number of rotatable bonds is 9. The predicted molar refractivity (Wildman–Crippen MR) is 89.3 cm³/mol. The standard InChI is InChI=1S/C15H29BrN4/c1-6-9-17-12(11-19(4)5)10-14-15(16)13(7-2)18-20(14)8-3/h12,17H,6-11H2,1-5H3. The Balaban J connectivity index is 2.88. The Morgan fingerprint density at radius 1 is 1.30 bits per heavy atom. The molecule has 0 amide bonds. The summed E-state index contributed by atoms with van der Waals surface area (Å²) in [4.78, 5) is 2.24. The summed E-state index contributed by atoms with van der Waals surface area (Å²) in [6.07, 6.45) is 3.15. The van der Waals surface area contributed by atoms with E-state index in [2.05, 4.69) is 70.8 Å². The molecule has 20 heavy (non-hydrogen) atoms. The quantitative estimate of drug-likeness (QED) is 0.747. The van der Waals surface area contributed by atoms with Crippen LogP contribution in [0, 0.1) is 0 Å². The number of aryl methyl sites for hydroxylation is 2. The first-order valence-corrected chi connectivity index (χ1v) is 8.44. The molecule has 116 valence electrons. The maximum atomic E-state index is 4.69. The van der Waals surface area contributed by atoms with E-state index in [1.54, 1.807) is 0 Å². The molecule has 1 atom stereocenters. The van der Waals surface area contributed by atoms with Crippen molar-refractivity contribution in [2.24, 2.45) is 0 Å². The second-order valence-corrected chi connectivity index (χ2v) is 6.29. The molecule has 0 saturated heterocycles. The fourth-order valence-electron chi connectivity index (χ4n) is 2.44. The van der Waals surface area contributed by atoms with Crippen molar-refractivity contribution in [3.05, 3.63) is 15.9 Å². The zero-order chi connectivity index (χ0) is 15.1. The van der Waals surface area contributed by atoms with Gasteiger partial charge in [0.05, 0.1) is 15.9 Å². The van der Waals surface area contributed by atoms with Gasteiger partial charge in [-0.3, -0.25) is 4.68 Å². The zero-order valence-electron chi connectivity index (χ0n) is 13.5. The molecule has 5 heteroatoms. The molecule has 0 saturated carbocycles. The number of hydrogen-bond acceptors (Lipinski definition) is 3. The van der Waals surface area contributed by atoms with Crippen molar-refractivity contribution in [3.63, 3.8) is 0 Å². The van der Waals surface area contributed by atoms with Crippen LogP contribution in [-0.2, 0) is 19.4 Å². The molecular weight excluding hydrogens is 316 g/mol. The Hall–Kier alpha value is -0.390. The van der Waals surface area contributed by atoms with Crippen LogP contribution >= 0.6 is 15.9 Å². The van der Waals surface area contributed by atoms with Gasteiger partial charge in [-0.05, 0) is 56.3 Å². The summed E-state index contributed by atoms with van der Waals surface area (Å²) < 4.78 is 3.34. The summed E-state index contributed by atoms with van der Waals surface area (Å²) in [5, 5.41) is 8.34. The molecular formula is C15H29BrN4. The van der Waals surface area contributed by atoms with Crippen LogP contribution in [0.4, 0.5) is 0 Å². The van der Waals surface area contributed by atoms with Gasteiger partial charge in [0.1, 0.15) is 0 Å². The van der Waals surface area contributed by atoms with Crippen LogP contribution in [0.25, 0.3) is 0 Å². The van der Waals surface area contributed by atoms with Crippen LogP contribution in [0.2, 0.25) is 0 Å². The highest BCUT2D eigenvalue weighted by Crippen LogP contribution is 2.23. The average Bonchev–Trinajstić information content (AvgIpc) is 2.72. The molecule has 1 aromatic heterocycles. The van der Waals surface area contributed by atoms with E-state index in [-0.39, 0.29) is 0 Å². The van der Waals surface area contributed by atoms with E-state index >= 15 is 0 Å². The van der Waals surface area contributed by atoms with Gasteiger partial charge in [-0.1, -0.05) is 13.8 Å². The van der Waals surface area contributed by atoms with Crippen molar-refractivity contribution < 1.29 is 0 Å². The van der Waals surface area contributed by atoms with Crippen LogP contribution in [0.1, 0.15) is 38.6 Å². The fraction of sp³-hybridized carbons (Fsp3) is 0.800. The minimum absolute atomic E-state index is 0.466. The third-order valence-electron chi connectivity index (χ3n) is 3.40. The van der Waals surface area contributed by atoms with E-state index in [0.717, 1.165) is 32.5 Å². The van der Waals surface area contributed by atoms with Crippen LogP contribution < -0.4 is 5.32 Å². The molecule has 0 bridgehead atoms. The van der Waals surface area contributed by atoms with Crippen molar-refractivity contribution in [1.29, 1.82) is 0 Å². The Labute approximate surface area is 132 Å². The first-order valence-electron chi connectivity index (χ1n) is 7.65. The summed E-state index contributed by atoms with van der Waals surface area (Å²) in [5.74, 6) is 0. The van der Waals surface area contributed by atoms with E-state index in [9.17, 15) is 0 Å². The highest BCUT2D eigenvalue weighted by Gasteiger charge is 2.18. The Morgan fingerprint density at radius 3 is 2.50 bits per heavy atom. The minimum Gasteiger partial charge on any atom is -0.312 e. The first-order chi connectivity index (χ1) is 9.53.